The van der Waals surface area contributed by atoms with Gasteiger partial charge < -0.3 is 10.1 Å². The Bertz CT molecular complexity index is 366. The first-order chi connectivity index (χ1) is 7.88. The maximum Gasteiger partial charge on any atom is 0.0991 e. The van der Waals surface area contributed by atoms with E-state index in [1.54, 1.807) is 11.8 Å². The molecule has 1 aliphatic rings. The number of nitrogens with one attached hydrogen (secondary N) is 1. The molecule has 0 aromatic heterocycles. The van der Waals surface area contributed by atoms with Crippen molar-refractivity contribution in [3.8, 4) is 6.07 Å². The Balaban J connectivity index is 1.82. The molecule has 0 bridgehead atoms. The number of nitriles is 1. The van der Waals surface area contributed by atoms with Crippen molar-refractivity contribution in [1.29, 1.82) is 5.26 Å². The highest BCUT2D eigenvalue weighted by atomic mass is 32.2. The van der Waals surface area contributed by atoms with Crippen molar-refractivity contribution in [1.82, 2.24) is 5.32 Å². The predicted octanol–water partition coefficient (Wildman–Crippen LogP) is 1.64. The van der Waals surface area contributed by atoms with Crippen LogP contribution in [0.15, 0.2) is 29.2 Å². The molecule has 0 amide bonds. The minimum absolute atomic E-state index is 0.300. The van der Waals surface area contributed by atoms with Gasteiger partial charge in [0.15, 0.2) is 0 Å². The number of nitrogens with zero attached hydrogens (tertiary/aromatic N) is 1. The highest BCUT2D eigenvalue weighted by molar-refractivity contribution is 7.99. The van der Waals surface area contributed by atoms with Gasteiger partial charge in [0.25, 0.3) is 0 Å². The van der Waals surface area contributed by atoms with Crippen molar-refractivity contribution in [3.05, 3.63) is 29.8 Å². The standard InChI is InChI=1S/C12H14N2OS/c13-7-10-1-3-12(4-2-10)16-9-11-8-14-5-6-15-11/h1-4,11,14H,5-6,8-9H2. The molecule has 1 fully saturated rings. The normalized spacial score (nSPS) is 20.3. The predicted molar refractivity (Wildman–Crippen MR) is 64.5 cm³/mol. The Kier molecular flexibility index (Phi) is 4.23. The van der Waals surface area contributed by atoms with Crippen LogP contribution >= 0.6 is 11.8 Å². The summed E-state index contributed by atoms with van der Waals surface area (Å²) < 4.78 is 5.61. The van der Waals surface area contributed by atoms with Crippen LogP contribution in [0.1, 0.15) is 5.56 Å². The summed E-state index contributed by atoms with van der Waals surface area (Å²) in [4.78, 5) is 1.19. The van der Waals surface area contributed by atoms with E-state index in [9.17, 15) is 0 Å². The molecule has 1 aromatic rings. The minimum Gasteiger partial charge on any atom is -0.375 e. The van der Waals surface area contributed by atoms with Gasteiger partial charge in [0, 0.05) is 23.7 Å². The van der Waals surface area contributed by atoms with Gasteiger partial charge in [-0.3, -0.25) is 0 Å². The zero-order valence-electron chi connectivity index (χ0n) is 8.98. The summed E-state index contributed by atoms with van der Waals surface area (Å²) in [5, 5.41) is 12.0. The van der Waals surface area contributed by atoms with E-state index in [1.165, 1.54) is 4.90 Å². The van der Waals surface area contributed by atoms with E-state index in [-0.39, 0.29) is 0 Å². The molecule has 1 heterocycles. The Morgan fingerprint density at radius 1 is 1.44 bits per heavy atom. The fourth-order valence-corrected chi connectivity index (χ4v) is 2.46. The molecular weight excluding hydrogens is 220 g/mol. The van der Waals surface area contributed by atoms with Crippen LogP contribution in [0, 0.1) is 11.3 Å². The van der Waals surface area contributed by atoms with Crippen molar-refractivity contribution >= 4 is 11.8 Å². The Hall–Kier alpha value is -1.02. The molecule has 4 heteroatoms. The van der Waals surface area contributed by atoms with Gasteiger partial charge in [-0.25, -0.2) is 0 Å². The molecule has 0 saturated carbocycles. The van der Waals surface area contributed by atoms with E-state index in [4.69, 9.17) is 10.00 Å². The lowest BCUT2D eigenvalue weighted by Gasteiger charge is -2.23. The first kappa shape index (κ1) is 11.5. The fraction of sp³-hybridized carbons (Fsp3) is 0.417. The van der Waals surface area contributed by atoms with Crippen LogP contribution in [-0.2, 0) is 4.74 Å². The molecule has 2 rings (SSSR count). The molecular formula is C12H14N2OS. The highest BCUT2D eigenvalue weighted by Crippen LogP contribution is 2.20. The van der Waals surface area contributed by atoms with Gasteiger partial charge in [-0.15, -0.1) is 11.8 Å². The average Bonchev–Trinajstić information content (AvgIpc) is 2.38. The second-order valence-corrected chi connectivity index (χ2v) is 4.74. The van der Waals surface area contributed by atoms with E-state index >= 15 is 0 Å². The monoisotopic (exact) mass is 234 g/mol. The smallest absolute Gasteiger partial charge is 0.0991 e. The van der Waals surface area contributed by atoms with Crippen LogP contribution in [0.25, 0.3) is 0 Å². The summed E-state index contributed by atoms with van der Waals surface area (Å²) in [6, 6.07) is 9.79. The first-order valence-electron chi connectivity index (χ1n) is 5.34. The summed E-state index contributed by atoms with van der Waals surface area (Å²) in [6.45, 7) is 2.69. The summed E-state index contributed by atoms with van der Waals surface area (Å²) in [5.74, 6) is 0.957. The average molecular weight is 234 g/mol. The third kappa shape index (κ3) is 3.24. The molecule has 1 aromatic carbocycles. The van der Waals surface area contributed by atoms with E-state index in [2.05, 4.69) is 11.4 Å². The summed E-state index contributed by atoms with van der Waals surface area (Å²) in [7, 11) is 0. The molecule has 1 aliphatic heterocycles. The number of hydrogen-bond acceptors (Lipinski definition) is 4. The topological polar surface area (TPSA) is 45.0 Å². The van der Waals surface area contributed by atoms with Crippen LogP contribution in [0.2, 0.25) is 0 Å². The van der Waals surface area contributed by atoms with Gasteiger partial charge in [0.05, 0.1) is 24.3 Å². The van der Waals surface area contributed by atoms with Gasteiger partial charge in [-0.05, 0) is 24.3 Å². The van der Waals surface area contributed by atoms with Gasteiger partial charge in [-0.1, -0.05) is 0 Å². The van der Waals surface area contributed by atoms with Crippen molar-refractivity contribution in [2.24, 2.45) is 0 Å². The van der Waals surface area contributed by atoms with Crippen LogP contribution in [0.5, 0.6) is 0 Å². The van der Waals surface area contributed by atoms with Gasteiger partial charge in [0.1, 0.15) is 0 Å². The Morgan fingerprint density at radius 3 is 2.88 bits per heavy atom. The van der Waals surface area contributed by atoms with Crippen molar-refractivity contribution in [2.45, 2.75) is 11.0 Å². The van der Waals surface area contributed by atoms with Crippen LogP contribution < -0.4 is 5.32 Å². The molecule has 0 aliphatic carbocycles. The largest absolute Gasteiger partial charge is 0.375 e. The van der Waals surface area contributed by atoms with Gasteiger partial charge in [-0.2, -0.15) is 5.26 Å². The van der Waals surface area contributed by atoms with Crippen molar-refractivity contribution < 1.29 is 4.74 Å². The van der Waals surface area contributed by atoms with Crippen LogP contribution in [0.4, 0.5) is 0 Å². The summed E-state index contributed by atoms with van der Waals surface area (Å²) in [6.07, 6.45) is 0.300. The van der Waals surface area contributed by atoms with Crippen LogP contribution in [-0.4, -0.2) is 31.6 Å². The van der Waals surface area contributed by atoms with E-state index in [0.717, 1.165) is 25.4 Å². The third-order valence-electron chi connectivity index (χ3n) is 2.42. The van der Waals surface area contributed by atoms with Gasteiger partial charge in [0.2, 0.25) is 0 Å². The van der Waals surface area contributed by atoms with E-state index in [1.807, 2.05) is 24.3 Å². The molecule has 84 valence electrons. The Labute approximate surface area is 99.8 Å². The van der Waals surface area contributed by atoms with E-state index in [0.29, 0.717) is 11.7 Å². The van der Waals surface area contributed by atoms with Gasteiger partial charge >= 0.3 is 0 Å². The maximum absolute atomic E-state index is 8.68. The summed E-state index contributed by atoms with van der Waals surface area (Å²) >= 11 is 1.77. The molecule has 3 nitrogen and oxygen atoms in total. The molecule has 1 saturated heterocycles. The third-order valence-corrected chi connectivity index (χ3v) is 3.57. The number of rotatable bonds is 3. The molecule has 1 atom stereocenters. The number of ether oxygens (including phenoxy) is 1. The van der Waals surface area contributed by atoms with E-state index < -0.39 is 0 Å². The summed E-state index contributed by atoms with van der Waals surface area (Å²) in [5.41, 5.74) is 0.708. The second kappa shape index (κ2) is 5.90. The van der Waals surface area contributed by atoms with Crippen molar-refractivity contribution in [3.63, 3.8) is 0 Å². The number of morpholine rings is 1. The zero-order chi connectivity index (χ0) is 11.2. The molecule has 0 spiro atoms. The molecule has 1 unspecified atom stereocenters. The molecule has 16 heavy (non-hydrogen) atoms. The maximum atomic E-state index is 8.68. The number of thioether (sulfide) groups is 1. The lowest BCUT2D eigenvalue weighted by Crippen LogP contribution is -2.39. The fourth-order valence-electron chi connectivity index (χ4n) is 1.54. The van der Waals surface area contributed by atoms with Crippen LogP contribution in [0.3, 0.4) is 0 Å². The lowest BCUT2D eigenvalue weighted by molar-refractivity contribution is 0.0441. The number of benzene rings is 1. The lowest BCUT2D eigenvalue weighted by atomic mass is 10.2. The van der Waals surface area contributed by atoms with Crippen molar-refractivity contribution in [2.75, 3.05) is 25.4 Å². The SMILES string of the molecule is N#Cc1ccc(SCC2CNCCO2)cc1. The number of hydrogen-bond donors (Lipinski definition) is 1. The highest BCUT2D eigenvalue weighted by Gasteiger charge is 2.13. The molecule has 0 radical (unpaired) electrons. The minimum atomic E-state index is 0.300. The quantitative estimate of drug-likeness (QED) is 0.808. The first-order valence-corrected chi connectivity index (χ1v) is 6.32. The molecule has 1 N–H and O–H groups in total. The second-order valence-electron chi connectivity index (χ2n) is 3.64. The Morgan fingerprint density at radius 2 is 2.25 bits per heavy atom. The zero-order valence-corrected chi connectivity index (χ0v) is 9.80.